The molecule has 0 unspecified atom stereocenters. The molecule has 2 aromatic carbocycles. The van der Waals surface area contributed by atoms with Gasteiger partial charge in [-0.25, -0.2) is 0 Å². The SMILES string of the molecule is O=C(c1cccc(Br)c1)[C@H](O)c1cccc(Br)c1. The van der Waals surface area contributed by atoms with Gasteiger partial charge >= 0.3 is 0 Å². The number of carbonyl (C=O) groups excluding carboxylic acids is 1. The third-order valence-corrected chi connectivity index (χ3v) is 3.51. The van der Waals surface area contributed by atoms with Crippen LogP contribution in [0, 0.1) is 0 Å². The molecule has 18 heavy (non-hydrogen) atoms. The molecule has 0 fully saturated rings. The minimum Gasteiger partial charge on any atom is -0.380 e. The van der Waals surface area contributed by atoms with Crippen molar-refractivity contribution in [1.82, 2.24) is 0 Å². The van der Waals surface area contributed by atoms with Gasteiger partial charge in [0.05, 0.1) is 0 Å². The Morgan fingerprint density at radius 2 is 1.61 bits per heavy atom. The van der Waals surface area contributed by atoms with Crippen molar-refractivity contribution in [3.05, 3.63) is 68.6 Å². The number of aliphatic hydroxyl groups excluding tert-OH is 1. The second-order valence-corrected chi connectivity index (χ2v) is 5.66. The van der Waals surface area contributed by atoms with Crippen LogP contribution in [0.5, 0.6) is 0 Å². The van der Waals surface area contributed by atoms with Crippen molar-refractivity contribution in [1.29, 1.82) is 0 Å². The Kier molecular flexibility index (Phi) is 4.32. The number of Topliss-reactive ketones (excluding diaryl/α,β-unsaturated/α-hetero) is 1. The Labute approximate surface area is 122 Å². The molecule has 1 N–H and O–H groups in total. The zero-order valence-corrected chi connectivity index (χ0v) is 12.5. The van der Waals surface area contributed by atoms with E-state index in [1.165, 1.54) is 0 Å². The van der Waals surface area contributed by atoms with Crippen molar-refractivity contribution < 1.29 is 9.90 Å². The highest BCUT2D eigenvalue weighted by Gasteiger charge is 2.19. The second-order valence-electron chi connectivity index (χ2n) is 3.83. The third-order valence-electron chi connectivity index (χ3n) is 2.52. The van der Waals surface area contributed by atoms with Gasteiger partial charge in [0.1, 0.15) is 6.10 Å². The van der Waals surface area contributed by atoms with Gasteiger partial charge in [0.2, 0.25) is 0 Å². The summed E-state index contributed by atoms with van der Waals surface area (Å²) in [5.41, 5.74) is 1.06. The largest absolute Gasteiger partial charge is 0.380 e. The van der Waals surface area contributed by atoms with Gasteiger partial charge in [-0.1, -0.05) is 56.1 Å². The summed E-state index contributed by atoms with van der Waals surface area (Å²) in [5.74, 6) is -0.311. The van der Waals surface area contributed by atoms with E-state index in [1.54, 1.807) is 36.4 Å². The average Bonchev–Trinajstić information content (AvgIpc) is 2.37. The minimum absolute atomic E-state index is 0.311. The monoisotopic (exact) mass is 368 g/mol. The summed E-state index contributed by atoms with van der Waals surface area (Å²) in [6.07, 6.45) is -1.14. The fourth-order valence-corrected chi connectivity index (χ4v) is 2.44. The lowest BCUT2D eigenvalue weighted by molar-refractivity contribution is 0.0747. The molecule has 0 spiro atoms. The molecular weight excluding hydrogens is 360 g/mol. The summed E-state index contributed by atoms with van der Waals surface area (Å²) >= 11 is 6.62. The van der Waals surface area contributed by atoms with E-state index >= 15 is 0 Å². The summed E-state index contributed by atoms with van der Waals surface area (Å²) in [4.78, 5) is 12.1. The van der Waals surface area contributed by atoms with Crippen LogP contribution >= 0.6 is 31.9 Å². The van der Waals surface area contributed by atoms with Gasteiger partial charge in [-0.05, 0) is 29.8 Å². The molecular formula is C14H10Br2O2. The summed E-state index contributed by atoms with van der Waals surface area (Å²) in [5, 5.41) is 10.1. The lowest BCUT2D eigenvalue weighted by atomic mass is 10.0. The van der Waals surface area contributed by atoms with E-state index in [0.717, 1.165) is 8.95 Å². The molecule has 0 aliphatic rings. The van der Waals surface area contributed by atoms with Crippen LogP contribution < -0.4 is 0 Å². The Morgan fingerprint density at radius 1 is 1.00 bits per heavy atom. The van der Waals surface area contributed by atoms with Crippen LogP contribution in [0.15, 0.2) is 57.5 Å². The molecule has 2 aromatic rings. The van der Waals surface area contributed by atoms with E-state index in [4.69, 9.17) is 0 Å². The maximum atomic E-state index is 12.1. The van der Waals surface area contributed by atoms with Crippen LogP contribution in [0.4, 0.5) is 0 Å². The Morgan fingerprint density at radius 3 is 2.22 bits per heavy atom. The first-order valence-electron chi connectivity index (χ1n) is 5.31. The van der Waals surface area contributed by atoms with Crippen molar-refractivity contribution in [2.75, 3.05) is 0 Å². The van der Waals surface area contributed by atoms with Gasteiger partial charge in [0.25, 0.3) is 0 Å². The van der Waals surface area contributed by atoms with Gasteiger partial charge in [-0.2, -0.15) is 0 Å². The van der Waals surface area contributed by atoms with Gasteiger partial charge in [-0.3, -0.25) is 4.79 Å². The van der Waals surface area contributed by atoms with Gasteiger partial charge in [0, 0.05) is 14.5 Å². The van der Waals surface area contributed by atoms with Crippen molar-refractivity contribution in [3.63, 3.8) is 0 Å². The third kappa shape index (κ3) is 3.07. The molecule has 4 heteroatoms. The molecule has 92 valence electrons. The smallest absolute Gasteiger partial charge is 0.195 e. The highest BCUT2D eigenvalue weighted by Crippen LogP contribution is 2.23. The fraction of sp³-hybridized carbons (Fsp3) is 0.0714. The molecule has 0 aromatic heterocycles. The Balaban J connectivity index is 2.29. The molecule has 0 heterocycles. The minimum atomic E-state index is -1.14. The molecule has 0 aliphatic heterocycles. The predicted molar refractivity (Wildman–Crippen MR) is 77.6 cm³/mol. The van der Waals surface area contributed by atoms with Crippen molar-refractivity contribution in [3.8, 4) is 0 Å². The van der Waals surface area contributed by atoms with E-state index in [9.17, 15) is 9.90 Å². The number of hydrogen-bond donors (Lipinski definition) is 1. The Bertz CT molecular complexity index is 582. The van der Waals surface area contributed by atoms with E-state index in [0.29, 0.717) is 11.1 Å². The van der Waals surface area contributed by atoms with E-state index in [2.05, 4.69) is 31.9 Å². The fourth-order valence-electron chi connectivity index (χ4n) is 1.63. The van der Waals surface area contributed by atoms with E-state index < -0.39 is 6.10 Å². The normalized spacial score (nSPS) is 12.2. The number of benzene rings is 2. The lowest BCUT2D eigenvalue weighted by Crippen LogP contribution is -2.12. The van der Waals surface area contributed by atoms with Gasteiger partial charge < -0.3 is 5.11 Å². The molecule has 2 nitrogen and oxygen atoms in total. The average molecular weight is 370 g/mol. The highest BCUT2D eigenvalue weighted by molar-refractivity contribution is 9.10. The number of hydrogen-bond acceptors (Lipinski definition) is 2. The maximum absolute atomic E-state index is 12.1. The molecule has 0 saturated carbocycles. The molecule has 1 atom stereocenters. The van der Waals surface area contributed by atoms with Crippen LogP contribution in [0.2, 0.25) is 0 Å². The molecule has 0 saturated heterocycles. The number of ketones is 1. The number of carbonyl (C=O) groups is 1. The van der Waals surface area contributed by atoms with Crippen molar-refractivity contribution in [2.24, 2.45) is 0 Å². The number of rotatable bonds is 3. The Hall–Kier alpha value is -0.970. The molecule has 0 amide bonds. The summed E-state index contributed by atoms with van der Waals surface area (Å²) < 4.78 is 1.65. The molecule has 0 aliphatic carbocycles. The van der Waals surface area contributed by atoms with Crippen LogP contribution in [0.3, 0.4) is 0 Å². The zero-order chi connectivity index (χ0) is 13.1. The van der Waals surface area contributed by atoms with Crippen LogP contribution in [0.1, 0.15) is 22.0 Å². The second kappa shape index (κ2) is 5.78. The number of aliphatic hydroxyl groups is 1. The van der Waals surface area contributed by atoms with Crippen LogP contribution in [-0.4, -0.2) is 10.9 Å². The van der Waals surface area contributed by atoms with Crippen LogP contribution in [-0.2, 0) is 0 Å². The summed E-state index contributed by atoms with van der Waals surface area (Å²) in [6, 6.07) is 14.1. The standard InChI is InChI=1S/C14H10Br2O2/c15-11-5-1-3-9(7-11)13(17)14(18)10-4-2-6-12(16)8-10/h1-8,13,17H/t13-/m1/s1. The topological polar surface area (TPSA) is 37.3 Å². The zero-order valence-electron chi connectivity index (χ0n) is 9.31. The van der Waals surface area contributed by atoms with E-state index in [-0.39, 0.29) is 5.78 Å². The molecule has 2 rings (SSSR count). The first kappa shape index (κ1) is 13.5. The van der Waals surface area contributed by atoms with Gasteiger partial charge in [0.15, 0.2) is 5.78 Å². The summed E-state index contributed by atoms with van der Waals surface area (Å²) in [6.45, 7) is 0. The lowest BCUT2D eigenvalue weighted by Gasteiger charge is -2.10. The summed E-state index contributed by atoms with van der Waals surface area (Å²) in [7, 11) is 0. The van der Waals surface area contributed by atoms with Gasteiger partial charge in [-0.15, -0.1) is 0 Å². The first-order chi connectivity index (χ1) is 8.58. The first-order valence-corrected chi connectivity index (χ1v) is 6.90. The van der Waals surface area contributed by atoms with Crippen LogP contribution in [0.25, 0.3) is 0 Å². The molecule has 0 radical (unpaired) electrons. The van der Waals surface area contributed by atoms with E-state index in [1.807, 2.05) is 12.1 Å². The highest BCUT2D eigenvalue weighted by atomic mass is 79.9. The van der Waals surface area contributed by atoms with Crippen molar-refractivity contribution >= 4 is 37.6 Å². The predicted octanol–water partition coefficient (Wildman–Crippen LogP) is 4.13. The molecule has 0 bridgehead atoms. The quantitative estimate of drug-likeness (QED) is 0.826. The maximum Gasteiger partial charge on any atom is 0.195 e. The van der Waals surface area contributed by atoms with Crippen molar-refractivity contribution in [2.45, 2.75) is 6.10 Å². The number of halogens is 2.